The van der Waals surface area contributed by atoms with Crippen molar-refractivity contribution in [2.45, 2.75) is 52.5 Å². The monoisotopic (exact) mass is 227 g/mol. The summed E-state index contributed by atoms with van der Waals surface area (Å²) in [5, 5.41) is 11.7. The third-order valence-electron chi connectivity index (χ3n) is 3.47. The number of hydrogen-bond donors (Lipinski definition) is 2. The molecule has 0 aromatic rings. The standard InChI is InChI=1S/C12H21NO3/c1-8(2)9(10(14)15)13-11(16)12(3)6-4-5-7-12/h8-9H,4-7H2,1-3H3,(H,13,16)(H,14,15)/t9-/m1/s1. The molecule has 0 aliphatic heterocycles. The van der Waals surface area contributed by atoms with E-state index in [0.29, 0.717) is 0 Å². The van der Waals surface area contributed by atoms with Crippen molar-refractivity contribution in [1.29, 1.82) is 0 Å². The Morgan fingerprint density at radius 3 is 2.12 bits per heavy atom. The van der Waals surface area contributed by atoms with Gasteiger partial charge in [-0.05, 0) is 18.8 Å². The highest BCUT2D eigenvalue weighted by molar-refractivity contribution is 5.87. The van der Waals surface area contributed by atoms with Gasteiger partial charge in [0.2, 0.25) is 5.91 Å². The highest BCUT2D eigenvalue weighted by Crippen LogP contribution is 2.37. The van der Waals surface area contributed by atoms with Crippen LogP contribution in [0.3, 0.4) is 0 Å². The maximum absolute atomic E-state index is 12.0. The van der Waals surface area contributed by atoms with E-state index in [1.807, 2.05) is 6.92 Å². The third kappa shape index (κ3) is 2.74. The molecule has 4 nitrogen and oxygen atoms in total. The molecule has 4 heteroatoms. The quantitative estimate of drug-likeness (QED) is 0.769. The van der Waals surface area contributed by atoms with Crippen molar-refractivity contribution < 1.29 is 14.7 Å². The Morgan fingerprint density at radius 1 is 1.25 bits per heavy atom. The van der Waals surface area contributed by atoms with Crippen molar-refractivity contribution in [3.05, 3.63) is 0 Å². The number of aliphatic carboxylic acids is 1. The molecule has 0 heterocycles. The fourth-order valence-corrected chi connectivity index (χ4v) is 2.21. The molecule has 1 fully saturated rings. The number of nitrogens with one attached hydrogen (secondary N) is 1. The molecule has 2 N–H and O–H groups in total. The summed E-state index contributed by atoms with van der Waals surface area (Å²) in [7, 11) is 0. The molecule has 1 saturated carbocycles. The maximum atomic E-state index is 12.0. The van der Waals surface area contributed by atoms with Crippen LogP contribution in [0.5, 0.6) is 0 Å². The van der Waals surface area contributed by atoms with Gasteiger partial charge in [-0.1, -0.05) is 33.6 Å². The van der Waals surface area contributed by atoms with Crippen LogP contribution in [0.4, 0.5) is 0 Å². The summed E-state index contributed by atoms with van der Waals surface area (Å²) in [4.78, 5) is 23.0. The first-order valence-electron chi connectivity index (χ1n) is 5.90. The van der Waals surface area contributed by atoms with Crippen molar-refractivity contribution in [3.63, 3.8) is 0 Å². The van der Waals surface area contributed by atoms with Crippen LogP contribution in [0.2, 0.25) is 0 Å². The summed E-state index contributed by atoms with van der Waals surface area (Å²) in [6.07, 6.45) is 3.85. The first-order chi connectivity index (χ1) is 7.37. The van der Waals surface area contributed by atoms with Crippen molar-refractivity contribution in [1.82, 2.24) is 5.32 Å². The molecule has 0 aromatic heterocycles. The Hall–Kier alpha value is -1.06. The van der Waals surface area contributed by atoms with E-state index < -0.39 is 12.0 Å². The maximum Gasteiger partial charge on any atom is 0.326 e. The lowest BCUT2D eigenvalue weighted by molar-refractivity contribution is -0.144. The highest BCUT2D eigenvalue weighted by Gasteiger charge is 2.38. The van der Waals surface area contributed by atoms with Crippen LogP contribution in [0, 0.1) is 11.3 Å². The minimum absolute atomic E-state index is 0.0912. The summed E-state index contributed by atoms with van der Waals surface area (Å²) in [6.45, 7) is 5.53. The normalized spacial score (nSPS) is 20.8. The molecule has 0 aromatic carbocycles. The first-order valence-corrected chi connectivity index (χ1v) is 5.90. The number of rotatable bonds is 4. The Balaban J connectivity index is 2.65. The topological polar surface area (TPSA) is 66.4 Å². The first kappa shape index (κ1) is 13.0. The Morgan fingerprint density at radius 2 is 1.75 bits per heavy atom. The van der Waals surface area contributed by atoms with Gasteiger partial charge in [-0.3, -0.25) is 4.79 Å². The van der Waals surface area contributed by atoms with Gasteiger partial charge in [-0.15, -0.1) is 0 Å². The predicted molar refractivity (Wildman–Crippen MR) is 61.0 cm³/mol. The molecule has 0 bridgehead atoms. The lowest BCUT2D eigenvalue weighted by atomic mass is 9.87. The SMILES string of the molecule is CC(C)[C@@H](NC(=O)C1(C)CCCC1)C(=O)O. The van der Waals surface area contributed by atoms with E-state index >= 15 is 0 Å². The van der Waals surface area contributed by atoms with Gasteiger partial charge in [-0.25, -0.2) is 4.79 Å². The lowest BCUT2D eigenvalue weighted by Gasteiger charge is -2.26. The van der Waals surface area contributed by atoms with Crippen LogP contribution in [0.25, 0.3) is 0 Å². The van der Waals surface area contributed by atoms with Crippen LogP contribution >= 0.6 is 0 Å². The third-order valence-corrected chi connectivity index (χ3v) is 3.47. The van der Waals surface area contributed by atoms with Crippen molar-refractivity contribution >= 4 is 11.9 Å². The van der Waals surface area contributed by atoms with Crippen molar-refractivity contribution in [2.75, 3.05) is 0 Å². The van der Waals surface area contributed by atoms with Gasteiger partial charge in [0.1, 0.15) is 6.04 Å². The molecule has 0 unspecified atom stereocenters. The van der Waals surface area contributed by atoms with Gasteiger partial charge < -0.3 is 10.4 Å². The molecular formula is C12H21NO3. The Labute approximate surface area is 96.4 Å². The average molecular weight is 227 g/mol. The zero-order chi connectivity index (χ0) is 12.3. The van der Waals surface area contributed by atoms with E-state index in [0.717, 1.165) is 25.7 Å². The molecular weight excluding hydrogens is 206 g/mol. The summed E-state index contributed by atoms with van der Waals surface area (Å²) < 4.78 is 0. The van der Waals surface area contributed by atoms with E-state index in [1.165, 1.54) is 0 Å². The van der Waals surface area contributed by atoms with Gasteiger partial charge in [0, 0.05) is 5.41 Å². The van der Waals surface area contributed by atoms with Crippen molar-refractivity contribution in [2.24, 2.45) is 11.3 Å². The van der Waals surface area contributed by atoms with Gasteiger partial charge in [0.25, 0.3) is 0 Å². The van der Waals surface area contributed by atoms with Gasteiger partial charge in [0.15, 0.2) is 0 Å². The van der Waals surface area contributed by atoms with E-state index in [1.54, 1.807) is 13.8 Å². The molecule has 92 valence electrons. The summed E-state index contributed by atoms with van der Waals surface area (Å²) in [5.41, 5.74) is -0.359. The molecule has 1 aliphatic rings. The minimum Gasteiger partial charge on any atom is -0.480 e. The summed E-state index contributed by atoms with van der Waals surface area (Å²) >= 11 is 0. The fraction of sp³-hybridized carbons (Fsp3) is 0.833. The summed E-state index contributed by atoms with van der Waals surface area (Å²) in [5.74, 6) is -1.15. The zero-order valence-electron chi connectivity index (χ0n) is 10.2. The number of carboxylic acid groups (broad SMARTS) is 1. The van der Waals surface area contributed by atoms with E-state index in [9.17, 15) is 9.59 Å². The largest absolute Gasteiger partial charge is 0.480 e. The van der Waals surface area contributed by atoms with Crippen LogP contribution in [0.1, 0.15) is 46.5 Å². The molecule has 16 heavy (non-hydrogen) atoms. The molecule has 1 amide bonds. The van der Waals surface area contributed by atoms with E-state index in [-0.39, 0.29) is 17.2 Å². The Kier molecular flexibility index (Phi) is 3.94. The number of carbonyl (C=O) groups excluding carboxylic acids is 1. The number of carboxylic acids is 1. The van der Waals surface area contributed by atoms with Crippen LogP contribution < -0.4 is 5.32 Å². The molecule has 1 atom stereocenters. The van der Waals surface area contributed by atoms with Gasteiger partial charge in [0.05, 0.1) is 0 Å². The molecule has 1 aliphatic carbocycles. The molecule has 0 spiro atoms. The number of hydrogen-bond acceptors (Lipinski definition) is 2. The van der Waals surface area contributed by atoms with Gasteiger partial charge >= 0.3 is 5.97 Å². The summed E-state index contributed by atoms with van der Waals surface area (Å²) in [6, 6.07) is -0.773. The second kappa shape index (κ2) is 4.85. The van der Waals surface area contributed by atoms with Crippen LogP contribution in [-0.4, -0.2) is 23.0 Å². The molecule has 0 radical (unpaired) electrons. The fourth-order valence-electron chi connectivity index (χ4n) is 2.21. The second-order valence-electron chi connectivity index (χ2n) is 5.30. The van der Waals surface area contributed by atoms with Crippen LogP contribution in [0.15, 0.2) is 0 Å². The molecule has 1 rings (SSSR count). The Bertz CT molecular complexity index is 280. The number of amides is 1. The lowest BCUT2D eigenvalue weighted by Crippen LogP contribution is -2.49. The van der Waals surface area contributed by atoms with E-state index in [4.69, 9.17) is 5.11 Å². The second-order valence-corrected chi connectivity index (χ2v) is 5.30. The van der Waals surface area contributed by atoms with Crippen LogP contribution in [-0.2, 0) is 9.59 Å². The van der Waals surface area contributed by atoms with E-state index in [2.05, 4.69) is 5.32 Å². The average Bonchev–Trinajstić information content (AvgIpc) is 2.61. The minimum atomic E-state index is -0.954. The highest BCUT2D eigenvalue weighted by atomic mass is 16.4. The number of carbonyl (C=O) groups is 2. The van der Waals surface area contributed by atoms with Crippen molar-refractivity contribution in [3.8, 4) is 0 Å². The smallest absolute Gasteiger partial charge is 0.326 e. The molecule has 0 saturated heterocycles. The van der Waals surface area contributed by atoms with Gasteiger partial charge in [-0.2, -0.15) is 0 Å². The predicted octanol–water partition coefficient (Wildman–Crippen LogP) is 1.79. The zero-order valence-corrected chi connectivity index (χ0v) is 10.2.